The molecule has 0 bridgehead atoms. The largest absolute Gasteiger partial charge is 2.00 e. The fraction of sp³-hybridized carbons (Fsp3) is 0.205. The van der Waals surface area contributed by atoms with Gasteiger partial charge >= 0.3 is 27.1 Å². The molecule has 4 aromatic carbocycles. The molecule has 0 radical (unpaired) electrons. The fourth-order valence-corrected chi connectivity index (χ4v) is 6.34. The van der Waals surface area contributed by atoms with Gasteiger partial charge < -0.3 is 9.55 Å². The summed E-state index contributed by atoms with van der Waals surface area (Å²) in [7, 11) is 0. The zero-order valence-corrected chi connectivity index (χ0v) is 31.7. The van der Waals surface area contributed by atoms with Crippen molar-refractivity contribution < 1.29 is 36.7 Å². The number of pyridine rings is 2. The number of benzene rings is 4. The third-order valence-electron chi connectivity index (χ3n) is 9.18. The Hall–Kier alpha value is -5.09. The van der Waals surface area contributed by atoms with E-state index in [-0.39, 0.29) is 37.9 Å². The van der Waals surface area contributed by atoms with Gasteiger partial charge in [-0.3, -0.25) is 0 Å². The van der Waals surface area contributed by atoms with Crippen LogP contribution < -0.4 is 9.15 Å². The van der Waals surface area contributed by atoms with Gasteiger partial charge in [-0.05, 0) is 55.6 Å². The van der Waals surface area contributed by atoms with E-state index in [9.17, 15) is 0 Å². The van der Waals surface area contributed by atoms with Crippen molar-refractivity contribution in [2.45, 2.75) is 58.3 Å². The van der Waals surface area contributed by atoms with Crippen LogP contribution in [0.1, 0.15) is 70.7 Å². The van der Waals surface area contributed by atoms with Crippen molar-refractivity contribution in [1.82, 2.24) is 23.7 Å². The van der Waals surface area contributed by atoms with Crippen LogP contribution in [-0.4, -0.2) is 20.5 Å². The molecule has 260 valence electrons. The third kappa shape index (κ3) is 6.02. The molecule has 0 atom stereocenters. The van der Waals surface area contributed by atoms with E-state index in [1.165, 1.54) is 21.4 Å². The van der Waals surface area contributed by atoms with E-state index in [0.717, 1.165) is 16.5 Å². The summed E-state index contributed by atoms with van der Waals surface area (Å²) in [6.07, 6.45) is 2.89. The van der Waals surface area contributed by atoms with Gasteiger partial charge in [0.2, 0.25) is 5.69 Å². The summed E-state index contributed by atoms with van der Waals surface area (Å²) < 4.78 is 81.1. The topological polar surface area (TPSA) is 36.7 Å². The first-order valence-electron chi connectivity index (χ1n) is 19.2. The summed E-state index contributed by atoms with van der Waals surface area (Å²) in [5, 5.41) is 0.780. The first kappa shape index (κ1) is 29.5. The van der Waals surface area contributed by atoms with Crippen LogP contribution in [0.25, 0.3) is 27.8 Å². The van der Waals surface area contributed by atoms with E-state index < -0.39 is 52.7 Å². The maximum Gasteiger partial charge on any atom is 2.00 e. The summed E-state index contributed by atoms with van der Waals surface area (Å²) in [6, 6.07) is 28.5. The molecule has 5 nitrogen and oxygen atoms in total. The minimum absolute atomic E-state index is 0. The van der Waals surface area contributed by atoms with E-state index >= 15 is 8.78 Å². The molecular weight excluding hydrogens is 832 g/mol. The Labute approximate surface area is 323 Å². The molecular formula is C44H37F2N5Pt+2. The molecule has 0 N–H and O–H groups in total. The van der Waals surface area contributed by atoms with Crippen molar-refractivity contribution in [2.24, 2.45) is 0 Å². The second-order valence-corrected chi connectivity index (χ2v) is 14.7. The molecule has 1 aliphatic heterocycles. The van der Waals surface area contributed by atoms with Crippen LogP contribution >= 0.6 is 0 Å². The number of aromatic nitrogens is 3. The Bertz CT molecular complexity index is 2840. The molecule has 7 aromatic rings. The first-order chi connectivity index (χ1) is 26.4. The van der Waals surface area contributed by atoms with E-state index in [0.29, 0.717) is 33.8 Å². The smallest absolute Gasteiger partial charge is 0.380 e. The SMILES string of the molecule is [2H]c1c([2H])c([2H])c([N+]2=C=[N+](c3[c-]c(C(F)(F)c4[c-]c5c(nc4)c4ccccc4n5-c4cc(C(C)(C)C)ccn4)cc(C(C)(C)C)c3)c3ccccc32)c([2H])c1[2H].[Pt+2]. The van der Waals surface area contributed by atoms with Crippen LogP contribution in [0, 0.1) is 12.1 Å². The van der Waals surface area contributed by atoms with Crippen LogP contribution in [0.15, 0.2) is 115 Å². The average Bonchev–Trinajstić information content (AvgIpc) is 3.71. The second-order valence-electron chi connectivity index (χ2n) is 14.7. The zero-order valence-electron chi connectivity index (χ0n) is 34.4. The van der Waals surface area contributed by atoms with Crippen LogP contribution in [0.2, 0.25) is 0 Å². The fourth-order valence-electron chi connectivity index (χ4n) is 6.34. The van der Waals surface area contributed by atoms with Crippen LogP contribution in [0.3, 0.4) is 0 Å². The Balaban J connectivity index is 0.00000496. The molecule has 52 heavy (non-hydrogen) atoms. The second kappa shape index (κ2) is 12.8. The van der Waals surface area contributed by atoms with Crippen LogP contribution in [-0.2, 0) is 37.8 Å². The number of hydrogen-bond acceptors (Lipinski definition) is 2. The van der Waals surface area contributed by atoms with Gasteiger partial charge in [-0.25, -0.2) is 13.8 Å². The molecule has 0 fully saturated rings. The number of hydrogen-bond donors (Lipinski definition) is 0. The standard InChI is InChI=1S/C44H37F2N5.Pt/c1-42(2,3)29-20-21-47-40(26-29)51-36-17-11-10-16-35(36)41-39(51)25-32(27-48-41)44(45,46)31-22-30(43(4,5)6)23-34(24-31)50-28-49(33-14-8-7-9-15-33)37-18-12-13-19-38(37)50;/h7-23,26-27H,1-6H3;/q;+2/i7D,8D,9D,14D,15D;. The quantitative estimate of drug-likeness (QED) is 0.128. The predicted octanol–water partition coefficient (Wildman–Crippen LogP) is 10.8. The normalized spacial score (nSPS) is 14.5. The summed E-state index contributed by atoms with van der Waals surface area (Å²) in [5.41, 5.74) is 2.68. The molecule has 0 saturated carbocycles. The molecule has 0 spiro atoms. The third-order valence-corrected chi connectivity index (χ3v) is 9.18. The van der Waals surface area contributed by atoms with Gasteiger partial charge in [0.1, 0.15) is 11.5 Å². The molecule has 8 rings (SSSR count). The number of nitrogens with zero attached hydrogens (tertiary/aromatic N) is 5. The Morgan fingerprint density at radius 1 is 0.750 bits per heavy atom. The molecule has 0 saturated heterocycles. The minimum Gasteiger partial charge on any atom is -0.380 e. The molecule has 4 heterocycles. The molecule has 1 aliphatic rings. The molecule has 3 aromatic heterocycles. The monoisotopic (exact) mass is 873 g/mol. The zero-order chi connectivity index (χ0) is 40.1. The summed E-state index contributed by atoms with van der Waals surface area (Å²) in [4.78, 5) is 9.28. The number of rotatable bonds is 5. The average molecular weight is 874 g/mol. The van der Waals surface area contributed by atoms with Gasteiger partial charge in [-0.1, -0.05) is 124 Å². The summed E-state index contributed by atoms with van der Waals surface area (Å²) >= 11 is 0. The van der Waals surface area contributed by atoms with Gasteiger partial charge in [-0.15, -0.1) is 11.6 Å². The molecule has 0 aliphatic carbocycles. The Morgan fingerprint density at radius 3 is 2.13 bits per heavy atom. The van der Waals surface area contributed by atoms with Gasteiger partial charge in [-0.2, -0.15) is 6.07 Å². The maximum absolute atomic E-state index is 17.2. The van der Waals surface area contributed by atoms with Crippen LogP contribution in [0.5, 0.6) is 0 Å². The minimum atomic E-state index is -3.63. The maximum atomic E-state index is 17.2. The first-order valence-corrected chi connectivity index (χ1v) is 16.7. The van der Waals surface area contributed by atoms with Gasteiger partial charge in [0.25, 0.3) is 17.3 Å². The van der Waals surface area contributed by atoms with Crippen LogP contribution in [0.4, 0.5) is 31.5 Å². The Kier molecular flexibility index (Phi) is 7.28. The van der Waals surface area contributed by atoms with Crippen molar-refractivity contribution in [3.8, 4) is 5.82 Å². The number of fused-ring (bicyclic) bond motifs is 4. The van der Waals surface area contributed by atoms with Crippen molar-refractivity contribution >= 4 is 50.7 Å². The van der Waals surface area contributed by atoms with Crippen molar-refractivity contribution in [3.05, 3.63) is 150 Å². The Morgan fingerprint density at radius 2 is 1.42 bits per heavy atom. The van der Waals surface area contributed by atoms with Gasteiger partial charge in [0, 0.05) is 35.9 Å². The van der Waals surface area contributed by atoms with E-state index in [2.05, 4.69) is 48.9 Å². The van der Waals surface area contributed by atoms with Gasteiger partial charge in [0.15, 0.2) is 0 Å². The van der Waals surface area contributed by atoms with Crippen molar-refractivity contribution in [1.29, 1.82) is 0 Å². The van der Waals surface area contributed by atoms with E-state index in [4.69, 9.17) is 6.85 Å². The van der Waals surface area contributed by atoms with E-state index in [1.807, 2.05) is 61.7 Å². The number of para-hydroxylation sites is 4. The summed E-state index contributed by atoms with van der Waals surface area (Å²) in [5.74, 6) is -3.07. The van der Waals surface area contributed by atoms with Crippen molar-refractivity contribution in [2.75, 3.05) is 0 Å². The molecule has 0 unspecified atom stereocenters. The summed E-state index contributed by atoms with van der Waals surface area (Å²) in [6.45, 7) is 12.1. The molecule has 8 heteroatoms. The molecule has 0 amide bonds. The number of halogens is 2. The van der Waals surface area contributed by atoms with Gasteiger partial charge in [0.05, 0.1) is 6.85 Å². The number of alkyl halides is 2. The van der Waals surface area contributed by atoms with E-state index in [1.54, 1.807) is 36.5 Å². The predicted molar refractivity (Wildman–Crippen MR) is 202 cm³/mol. The van der Waals surface area contributed by atoms with Crippen molar-refractivity contribution in [3.63, 3.8) is 0 Å².